The molecule has 0 bridgehead atoms. The van der Waals surface area contributed by atoms with Crippen LogP contribution >= 0.6 is 15.9 Å². The van der Waals surface area contributed by atoms with Gasteiger partial charge < -0.3 is 5.73 Å². The van der Waals surface area contributed by atoms with E-state index in [1.807, 2.05) is 17.9 Å². The maximum atomic E-state index is 6.35. The summed E-state index contributed by atoms with van der Waals surface area (Å²) in [5.41, 5.74) is 7.48. The van der Waals surface area contributed by atoms with Crippen molar-refractivity contribution in [2.45, 2.75) is 32.2 Å². The van der Waals surface area contributed by atoms with E-state index in [1.165, 1.54) is 19.3 Å². The third-order valence-corrected chi connectivity index (χ3v) is 4.25. The van der Waals surface area contributed by atoms with E-state index in [9.17, 15) is 0 Å². The van der Waals surface area contributed by atoms with Gasteiger partial charge in [-0.2, -0.15) is 5.10 Å². The van der Waals surface area contributed by atoms with Gasteiger partial charge in [0.05, 0.1) is 22.4 Å². The highest BCUT2D eigenvalue weighted by Gasteiger charge is 2.31. The number of hydrogen-bond donors (Lipinski definition) is 1. The molecule has 0 radical (unpaired) electrons. The molecule has 0 amide bonds. The van der Waals surface area contributed by atoms with Crippen LogP contribution in [0.2, 0.25) is 0 Å². The fourth-order valence-corrected chi connectivity index (χ4v) is 3.32. The van der Waals surface area contributed by atoms with Crippen LogP contribution in [-0.4, -0.2) is 9.78 Å². The minimum absolute atomic E-state index is 0.115. The van der Waals surface area contributed by atoms with Crippen LogP contribution < -0.4 is 5.73 Å². The van der Waals surface area contributed by atoms with E-state index < -0.39 is 0 Å². The summed E-state index contributed by atoms with van der Waals surface area (Å²) >= 11 is 3.52. The number of hydrogen-bond acceptors (Lipinski definition) is 2. The van der Waals surface area contributed by atoms with Crippen molar-refractivity contribution in [2.75, 3.05) is 0 Å². The molecular weight excluding hydrogens is 254 g/mol. The molecule has 84 valence electrons. The minimum atomic E-state index is 0.115. The standard InChI is InChI=1S/C11H18BrN3/c1-7-4-3-5-8(7)10(13)11-9(12)6-14-15(11)2/h6-8,10H,3-5,13H2,1-2H3. The van der Waals surface area contributed by atoms with Gasteiger partial charge in [0.25, 0.3) is 0 Å². The van der Waals surface area contributed by atoms with Gasteiger partial charge in [-0.3, -0.25) is 4.68 Å². The molecule has 0 saturated heterocycles. The quantitative estimate of drug-likeness (QED) is 0.899. The molecule has 1 aromatic heterocycles. The first-order valence-electron chi connectivity index (χ1n) is 5.54. The van der Waals surface area contributed by atoms with Crippen molar-refractivity contribution in [2.24, 2.45) is 24.6 Å². The Morgan fingerprint density at radius 3 is 2.80 bits per heavy atom. The number of nitrogens with zero attached hydrogens (tertiary/aromatic N) is 2. The first-order valence-corrected chi connectivity index (χ1v) is 6.33. The first-order chi connectivity index (χ1) is 7.11. The predicted molar refractivity (Wildman–Crippen MR) is 64.3 cm³/mol. The van der Waals surface area contributed by atoms with Crippen molar-refractivity contribution in [1.82, 2.24) is 9.78 Å². The normalized spacial score (nSPS) is 28.3. The van der Waals surface area contributed by atoms with Crippen LogP contribution in [0.4, 0.5) is 0 Å². The van der Waals surface area contributed by atoms with Crippen molar-refractivity contribution in [1.29, 1.82) is 0 Å². The van der Waals surface area contributed by atoms with Gasteiger partial charge in [-0.25, -0.2) is 0 Å². The third-order valence-electron chi connectivity index (χ3n) is 3.64. The molecule has 1 aromatic rings. The summed E-state index contributed by atoms with van der Waals surface area (Å²) in [5, 5.41) is 4.22. The summed E-state index contributed by atoms with van der Waals surface area (Å²) in [7, 11) is 1.96. The lowest BCUT2D eigenvalue weighted by Crippen LogP contribution is -2.25. The van der Waals surface area contributed by atoms with Crippen LogP contribution in [0.1, 0.15) is 37.9 Å². The van der Waals surface area contributed by atoms with Crippen molar-refractivity contribution < 1.29 is 0 Å². The van der Waals surface area contributed by atoms with E-state index >= 15 is 0 Å². The van der Waals surface area contributed by atoms with E-state index in [-0.39, 0.29) is 6.04 Å². The van der Waals surface area contributed by atoms with Gasteiger partial charge in [0.15, 0.2) is 0 Å². The van der Waals surface area contributed by atoms with Crippen molar-refractivity contribution in [3.05, 3.63) is 16.4 Å². The Morgan fingerprint density at radius 2 is 2.33 bits per heavy atom. The largest absolute Gasteiger partial charge is 0.322 e. The second-order valence-electron chi connectivity index (χ2n) is 4.60. The second kappa shape index (κ2) is 4.26. The molecule has 4 heteroatoms. The van der Waals surface area contributed by atoms with E-state index in [0.29, 0.717) is 5.92 Å². The molecule has 1 heterocycles. The topological polar surface area (TPSA) is 43.8 Å². The molecular formula is C11H18BrN3. The molecule has 0 spiro atoms. The number of aromatic nitrogens is 2. The van der Waals surface area contributed by atoms with Crippen molar-refractivity contribution in [3.8, 4) is 0 Å². The third kappa shape index (κ3) is 1.97. The Kier molecular flexibility index (Phi) is 3.16. The summed E-state index contributed by atoms with van der Waals surface area (Å²) in [6, 6.07) is 0.115. The summed E-state index contributed by atoms with van der Waals surface area (Å²) in [4.78, 5) is 0. The van der Waals surface area contributed by atoms with E-state index in [0.717, 1.165) is 16.1 Å². The zero-order valence-corrected chi connectivity index (χ0v) is 10.9. The minimum Gasteiger partial charge on any atom is -0.322 e. The Balaban J connectivity index is 2.23. The van der Waals surface area contributed by atoms with Gasteiger partial charge in [-0.1, -0.05) is 19.8 Å². The molecule has 2 N–H and O–H groups in total. The molecule has 3 nitrogen and oxygen atoms in total. The van der Waals surface area contributed by atoms with Gasteiger partial charge in [0.1, 0.15) is 0 Å². The average Bonchev–Trinajstić information content (AvgIpc) is 2.73. The van der Waals surface area contributed by atoms with Gasteiger partial charge in [-0.15, -0.1) is 0 Å². The molecule has 0 aliphatic heterocycles. The van der Waals surface area contributed by atoms with Crippen LogP contribution in [-0.2, 0) is 7.05 Å². The molecule has 1 saturated carbocycles. The molecule has 0 aromatic carbocycles. The smallest absolute Gasteiger partial charge is 0.0693 e. The molecule has 2 rings (SSSR count). The lowest BCUT2D eigenvalue weighted by Gasteiger charge is -2.23. The zero-order valence-electron chi connectivity index (χ0n) is 9.28. The summed E-state index contributed by atoms with van der Waals surface area (Å²) < 4.78 is 2.93. The highest BCUT2D eigenvalue weighted by atomic mass is 79.9. The zero-order chi connectivity index (χ0) is 11.0. The van der Waals surface area contributed by atoms with Crippen LogP contribution in [0, 0.1) is 11.8 Å². The van der Waals surface area contributed by atoms with E-state index in [4.69, 9.17) is 5.73 Å². The molecule has 3 unspecified atom stereocenters. The van der Waals surface area contributed by atoms with Crippen LogP contribution in [0.5, 0.6) is 0 Å². The highest BCUT2D eigenvalue weighted by molar-refractivity contribution is 9.10. The molecule has 1 aliphatic carbocycles. The molecule has 1 aliphatic rings. The van der Waals surface area contributed by atoms with Gasteiger partial charge in [-0.05, 0) is 34.2 Å². The van der Waals surface area contributed by atoms with Crippen LogP contribution in [0.15, 0.2) is 10.7 Å². The first kappa shape index (κ1) is 11.1. The average molecular weight is 272 g/mol. The second-order valence-corrected chi connectivity index (χ2v) is 5.45. The number of aryl methyl sites for hydroxylation is 1. The van der Waals surface area contributed by atoms with Crippen molar-refractivity contribution in [3.63, 3.8) is 0 Å². The van der Waals surface area contributed by atoms with Crippen LogP contribution in [0.25, 0.3) is 0 Å². The Labute approximate surface area is 99.2 Å². The predicted octanol–water partition coefficient (Wildman–Crippen LogP) is 2.62. The highest BCUT2D eigenvalue weighted by Crippen LogP contribution is 2.40. The summed E-state index contributed by atoms with van der Waals surface area (Å²) in [6.45, 7) is 2.31. The fourth-order valence-electron chi connectivity index (χ4n) is 2.71. The lowest BCUT2D eigenvalue weighted by molar-refractivity contribution is 0.338. The Hall–Kier alpha value is -0.350. The molecule has 3 atom stereocenters. The lowest BCUT2D eigenvalue weighted by atomic mass is 9.89. The number of rotatable bonds is 2. The monoisotopic (exact) mass is 271 g/mol. The molecule has 1 fully saturated rings. The van der Waals surface area contributed by atoms with E-state index in [1.54, 1.807) is 0 Å². The number of nitrogens with two attached hydrogens (primary N) is 1. The van der Waals surface area contributed by atoms with Gasteiger partial charge >= 0.3 is 0 Å². The maximum Gasteiger partial charge on any atom is 0.0693 e. The summed E-state index contributed by atoms with van der Waals surface area (Å²) in [5.74, 6) is 1.35. The van der Waals surface area contributed by atoms with Crippen molar-refractivity contribution >= 4 is 15.9 Å². The van der Waals surface area contributed by atoms with Gasteiger partial charge in [0.2, 0.25) is 0 Å². The Bertz CT molecular complexity index is 328. The van der Waals surface area contributed by atoms with Gasteiger partial charge in [0, 0.05) is 7.05 Å². The number of halogens is 1. The Morgan fingerprint density at radius 1 is 1.60 bits per heavy atom. The fraction of sp³-hybridized carbons (Fsp3) is 0.727. The van der Waals surface area contributed by atoms with E-state index in [2.05, 4.69) is 28.0 Å². The maximum absolute atomic E-state index is 6.35. The summed E-state index contributed by atoms with van der Waals surface area (Å²) in [6.07, 6.45) is 5.71. The SMILES string of the molecule is CC1CCCC1C(N)c1c(Br)cnn1C. The van der Waals surface area contributed by atoms with Crippen LogP contribution in [0.3, 0.4) is 0 Å². The molecule has 15 heavy (non-hydrogen) atoms.